The third-order valence-corrected chi connectivity index (χ3v) is 9.76. The Morgan fingerprint density at radius 1 is 1.05 bits per heavy atom. The third-order valence-electron chi connectivity index (χ3n) is 7.83. The van der Waals surface area contributed by atoms with Crippen LogP contribution < -0.4 is 0 Å². The molecule has 0 amide bonds. The molecule has 6 heteroatoms. The fourth-order valence-corrected chi connectivity index (χ4v) is 7.09. The summed E-state index contributed by atoms with van der Waals surface area (Å²) in [7, 11) is 0. The number of rotatable bonds is 12. The molecule has 4 aromatic rings. The predicted octanol–water partition coefficient (Wildman–Crippen LogP) is 8.95. The molecule has 5 rings (SSSR count). The molecule has 1 aliphatic carbocycles. The average molecular weight is 586 g/mol. The van der Waals surface area contributed by atoms with Gasteiger partial charge in [0.25, 0.3) is 0 Å². The summed E-state index contributed by atoms with van der Waals surface area (Å²) in [5.74, 6) is 0.122. The molecule has 0 aliphatic heterocycles. The van der Waals surface area contributed by atoms with E-state index in [-0.39, 0.29) is 17.1 Å². The maximum Gasteiger partial charge on any atom is 0.303 e. The smallest absolute Gasteiger partial charge is 0.303 e. The number of aliphatic carboxylic acids is 1. The van der Waals surface area contributed by atoms with Crippen molar-refractivity contribution in [2.24, 2.45) is 5.41 Å². The van der Waals surface area contributed by atoms with Crippen molar-refractivity contribution < 1.29 is 15.0 Å². The molecule has 1 fully saturated rings. The zero-order chi connectivity index (χ0) is 29.0. The number of thioether (sulfide) groups is 1. The lowest BCUT2D eigenvalue weighted by molar-refractivity contribution is -0.138. The topological polar surface area (TPSA) is 70.4 Å². The average Bonchev–Trinajstić information content (AvgIpc) is 3.70. The van der Waals surface area contributed by atoms with Gasteiger partial charge in [0, 0.05) is 21.4 Å². The number of halogens is 1. The van der Waals surface area contributed by atoms with Crippen molar-refractivity contribution in [3.63, 3.8) is 0 Å². The van der Waals surface area contributed by atoms with Gasteiger partial charge < -0.3 is 10.2 Å². The van der Waals surface area contributed by atoms with Gasteiger partial charge in [0.15, 0.2) is 0 Å². The second-order valence-electron chi connectivity index (χ2n) is 11.7. The number of carbonyl (C=O) groups is 1. The summed E-state index contributed by atoms with van der Waals surface area (Å²) in [4.78, 5) is 16.2. The normalized spacial score (nSPS) is 15.3. The predicted molar refractivity (Wildman–Crippen MR) is 171 cm³/mol. The van der Waals surface area contributed by atoms with Crippen LogP contribution in [0.2, 0.25) is 5.02 Å². The van der Waals surface area contributed by atoms with Crippen LogP contribution in [0.3, 0.4) is 0 Å². The Hall–Kier alpha value is -3.12. The third kappa shape index (κ3) is 7.79. The van der Waals surface area contributed by atoms with Crippen LogP contribution in [-0.2, 0) is 16.8 Å². The molecule has 2 N–H and O–H groups in total. The maximum atomic E-state index is 11.5. The van der Waals surface area contributed by atoms with Crippen LogP contribution in [-0.4, -0.2) is 26.9 Å². The fraction of sp³-hybridized carbons (Fsp3) is 0.314. The van der Waals surface area contributed by atoms with Gasteiger partial charge >= 0.3 is 5.97 Å². The molecule has 1 heterocycles. The van der Waals surface area contributed by atoms with Crippen LogP contribution in [0.4, 0.5) is 0 Å². The second kappa shape index (κ2) is 12.4. The largest absolute Gasteiger partial charge is 0.481 e. The standard InChI is InChI=1S/C35H36ClNO3S/c1-34(2,40)30-9-4-3-7-25(30)13-17-32(41-23-35(18-19-35)22-33(38)39)27-8-5-6-24(20-27)10-15-29-16-12-26-11-14-28(36)21-31(26)37-29/h3-12,14-16,20-21,32,40H,13,17-19,22-23H2,1-2H3,(H,38,39). The number of hydrogen-bond acceptors (Lipinski definition) is 4. The molecular formula is C35H36ClNO3S. The van der Waals surface area contributed by atoms with Gasteiger partial charge in [0.2, 0.25) is 0 Å². The summed E-state index contributed by atoms with van der Waals surface area (Å²) < 4.78 is 0. The van der Waals surface area contributed by atoms with E-state index in [2.05, 4.69) is 42.5 Å². The quantitative estimate of drug-likeness (QED) is 0.174. The second-order valence-corrected chi connectivity index (χ2v) is 13.3. The van der Waals surface area contributed by atoms with Crippen LogP contribution in [0, 0.1) is 5.41 Å². The van der Waals surface area contributed by atoms with E-state index in [1.807, 2.05) is 74.1 Å². The monoisotopic (exact) mass is 585 g/mol. The first kappa shape index (κ1) is 29.4. The van der Waals surface area contributed by atoms with Gasteiger partial charge in [-0.15, -0.1) is 0 Å². The summed E-state index contributed by atoms with van der Waals surface area (Å²) in [6.07, 6.45) is 8.02. The van der Waals surface area contributed by atoms with Crippen LogP contribution in [0.1, 0.15) is 72.7 Å². The van der Waals surface area contributed by atoms with E-state index in [0.717, 1.165) is 64.7 Å². The first-order valence-corrected chi connectivity index (χ1v) is 15.5. The highest BCUT2D eigenvalue weighted by Crippen LogP contribution is 2.53. The Labute approximate surface area is 251 Å². The minimum atomic E-state index is -0.911. The van der Waals surface area contributed by atoms with E-state index in [1.54, 1.807) is 0 Å². The molecule has 1 unspecified atom stereocenters. The van der Waals surface area contributed by atoms with Gasteiger partial charge in [-0.25, -0.2) is 4.98 Å². The molecule has 0 spiro atoms. The molecule has 1 atom stereocenters. The molecular weight excluding hydrogens is 550 g/mol. The fourth-order valence-electron chi connectivity index (χ4n) is 5.36. The van der Waals surface area contributed by atoms with E-state index in [9.17, 15) is 15.0 Å². The minimum Gasteiger partial charge on any atom is -0.481 e. The number of carboxylic acids is 1. The van der Waals surface area contributed by atoms with Crippen molar-refractivity contribution >= 4 is 52.4 Å². The van der Waals surface area contributed by atoms with Gasteiger partial charge in [-0.1, -0.05) is 78.3 Å². The van der Waals surface area contributed by atoms with Gasteiger partial charge in [0.05, 0.1) is 23.2 Å². The van der Waals surface area contributed by atoms with E-state index in [0.29, 0.717) is 5.02 Å². The molecule has 3 aromatic carbocycles. The lowest BCUT2D eigenvalue weighted by atomic mass is 9.90. The van der Waals surface area contributed by atoms with E-state index < -0.39 is 11.6 Å². The molecule has 0 bridgehead atoms. The van der Waals surface area contributed by atoms with Gasteiger partial charge in [-0.3, -0.25) is 4.79 Å². The Morgan fingerprint density at radius 2 is 1.83 bits per heavy atom. The summed E-state index contributed by atoms with van der Waals surface area (Å²) in [6, 6.07) is 26.5. The summed E-state index contributed by atoms with van der Waals surface area (Å²) in [6.45, 7) is 3.66. The highest BCUT2D eigenvalue weighted by molar-refractivity contribution is 7.99. The van der Waals surface area contributed by atoms with Crippen molar-refractivity contribution in [3.05, 3.63) is 112 Å². The van der Waals surface area contributed by atoms with E-state index in [4.69, 9.17) is 16.6 Å². The molecule has 1 aliphatic rings. The Bertz CT molecular complexity index is 1570. The zero-order valence-corrected chi connectivity index (χ0v) is 25.1. The van der Waals surface area contributed by atoms with Crippen LogP contribution in [0.15, 0.2) is 78.9 Å². The summed E-state index contributed by atoms with van der Waals surface area (Å²) in [5, 5.41) is 22.1. The number of carboxylic acid groups (broad SMARTS) is 1. The number of aromatic nitrogens is 1. The van der Waals surface area contributed by atoms with Crippen molar-refractivity contribution in [2.45, 2.75) is 56.8 Å². The van der Waals surface area contributed by atoms with Gasteiger partial charge in [0.1, 0.15) is 0 Å². The van der Waals surface area contributed by atoms with E-state index in [1.165, 1.54) is 5.56 Å². The molecule has 1 saturated carbocycles. The summed E-state index contributed by atoms with van der Waals surface area (Å²) in [5.41, 5.74) is 5.15. The molecule has 41 heavy (non-hydrogen) atoms. The van der Waals surface area contributed by atoms with Crippen molar-refractivity contribution in [3.8, 4) is 0 Å². The van der Waals surface area contributed by atoms with Crippen molar-refractivity contribution in [2.75, 3.05) is 5.75 Å². The number of aryl methyl sites for hydroxylation is 1. The molecule has 4 nitrogen and oxygen atoms in total. The molecule has 0 radical (unpaired) electrons. The first-order valence-electron chi connectivity index (χ1n) is 14.1. The lowest BCUT2D eigenvalue weighted by Crippen LogP contribution is -2.18. The van der Waals surface area contributed by atoms with Gasteiger partial charge in [-0.05, 0) is 91.5 Å². The van der Waals surface area contributed by atoms with Crippen LogP contribution >= 0.6 is 23.4 Å². The molecule has 1 aromatic heterocycles. The number of nitrogens with zero attached hydrogens (tertiary/aromatic N) is 1. The number of hydrogen-bond donors (Lipinski definition) is 2. The number of fused-ring (bicyclic) bond motifs is 1. The van der Waals surface area contributed by atoms with Crippen LogP contribution in [0.5, 0.6) is 0 Å². The Kier molecular flexibility index (Phi) is 8.88. The zero-order valence-electron chi connectivity index (χ0n) is 23.5. The van der Waals surface area contributed by atoms with Crippen LogP contribution in [0.25, 0.3) is 23.1 Å². The first-order chi connectivity index (χ1) is 19.6. The minimum absolute atomic E-state index is 0.0814. The lowest BCUT2D eigenvalue weighted by Gasteiger charge is -2.24. The molecule has 0 saturated heterocycles. The Balaban J connectivity index is 1.37. The highest BCUT2D eigenvalue weighted by atomic mass is 35.5. The number of pyridine rings is 1. The number of aliphatic hydroxyl groups is 1. The SMILES string of the molecule is CC(C)(O)c1ccccc1CCC(SCC1(CC(=O)O)CC1)c1cccc(C=Cc2ccc3ccc(Cl)cc3n2)c1. The maximum absolute atomic E-state index is 11.5. The Morgan fingerprint density at radius 3 is 2.59 bits per heavy atom. The highest BCUT2D eigenvalue weighted by Gasteiger charge is 2.44. The van der Waals surface area contributed by atoms with E-state index >= 15 is 0 Å². The van der Waals surface area contributed by atoms with Crippen molar-refractivity contribution in [1.82, 2.24) is 4.98 Å². The summed E-state index contributed by atoms with van der Waals surface area (Å²) >= 11 is 8.04. The van der Waals surface area contributed by atoms with Crippen molar-refractivity contribution in [1.29, 1.82) is 0 Å². The van der Waals surface area contributed by atoms with Gasteiger partial charge in [-0.2, -0.15) is 11.8 Å². The number of benzene rings is 3. The molecule has 212 valence electrons.